The van der Waals surface area contributed by atoms with Gasteiger partial charge in [0.05, 0.1) is 6.61 Å². The molecular weight excluding hydrogens is 150 g/mol. The van der Waals surface area contributed by atoms with E-state index in [1.165, 1.54) is 19.3 Å². The number of unbranched alkanes of at least 4 members (excludes halogenated alkanes) is 1. The summed E-state index contributed by atoms with van der Waals surface area (Å²) in [5, 5.41) is 12.3. The van der Waals surface area contributed by atoms with E-state index in [9.17, 15) is 0 Å². The van der Waals surface area contributed by atoms with Crippen molar-refractivity contribution in [3.8, 4) is 0 Å². The van der Waals surface area contributed by atoms with E-state index >= 15 is 0 Å². The fourth-order valence-electron chi connectivity index (χ4n) is 1.30. The van der Waals surface area contributed by atoms with Crippen LogP contribution < -0.4 is 5.32 Å². The molecule has 0 aliphatic rings. The molecule has 0 spiro atoms. The Labute approximate surface area is 76.4 Å². The summed E-state index contributed by atoms with van der Waals surface area (Å²) in [6.07, 6.45) is 4.75. The number of hydrogen-bond donors (Lipinski definition) is 2. The van der Waals surface area contributed by atoms with Crippen LogP contribution in [0.1, 0.15) is 46.5 Å². The number of nitrogens with one attached hydrogen (secondary N) is 1. The second-order valence-corrected chi connectivity index (χ2v) is 3.50. The van der Waals surface area contributed by atoms with Gasteiger partial charge in [-0.15, -0.1) is 0 Å². The van der Waals surface area contributed by atoms with Gasteiger partial charge in [-0.1, -0.05) is 26.7 Å². The smallest absolute Gasteiger partial charge is 0.0584 e. The molecule has 0 heterocycles. The Kier molecular flexibility index (Phi) is 7.51. The largest absolute Gasteiger partial charge is 0.395 e. The lowest BCUT2D eigenvalue weighted by Gasteiger charge is -2.20. The number of rotatable bonds is 7. The molecule has 12 heavy (non-hydrogen) atoms. The van der Waals surface area contributed by atoms with Crippen molar-refractivity contribution in [1.82, 2.24) is 5.32 Å². The lowest BCUT2D eigenvalue weighted by Crippen LogP contribution is -2.38. The van der Waals surface area contributed by atoms with Crippen LogP contribution in [0, 0.1) is 0 Å². The van der Waals surface area contributed by atoms with Gasteiger partial charge in [-0.05, 0) is 19.8 Å². The molecule has 0 radical (unpaired) electrons. The first kappa shape index (κ1) is 11.9. The molecule has 2 N–H and O–H groups in total. The normalized spacial score (nSPS) is 16.0. The quantitative estimate of drug-likeness (QED) is 0.616. The molecule has 0 amide bonds. The first-order valence-electron chi connectivity index (χ1n) is 5.11. The van der Waals surface area contributed by atoms with Crippen LogP contribution in [0.2, 0.25) is 0 Å². The van der Waals surface area contributed by atoms with Crippen LogP contribution in [0.15, 0.2) is 0 Å². The van der Waals surface area contributed by atoms with Gasteiger partial charge >= 0.3 is 0 Å². The lowest BCUT2D eigenvalue weighted by atomic mass is 10.1. The van der Waals surface area contributed by atoms with Crippen molar-refractivity contribution >= 4 is 0 Å². The Bertz CT molecular complexity index is 91.8. The first-order chi connectivity index (χ1) is 5.74. The van der Waals surface area contributed by atoms with Gasteiger partial charge in [0.15, 0.2) is 0 Å². The van der Waals surface area contributed by atoms with Gasteiger partial charge in [0.2, 0.25) is 0 Å². The highest BCUT2D eigenvalue weighted by Crippen LogP contribution is 2.01. The zero-order valence-electron chi connectivity index (χ0n) is 8.64. The highest BCUT2D eigenvalue weighted by atomic mass is 16.3. The van der Waals surface area contributed by atoms with E-state index in [2.05, 4.69) is 26.1 Å². The zero-order valence-corrected chi connectivity index (χ0v) is 8.64. The van der Waals surface area contributed by atoms with Gasteiger partial charge in [0, 0.05) is 12.1 Å². The average Bonchev–Trinajstić information content (AvgIpc) is 2.10. The molecular formula is C10H23NO. The Morgan fingerprint density at radius 1 is 1.33 bits per heavy atom. The van der Waals surface area contributed by atoms with Crippen molar-refractivity contribution in [2.75, 3.05) is 6.61 Å². The van der Waals surface area contributed by atoms with E-state index in [1.54, 1.807) is 0 Å². The van der Waals surface area contributed by atoms with Crippen molar-refractivity contribution in [2.24, 2.45) is 0 Å². The van der Waals surface area contributed by atoms with E-state index in [4.69, 9.17) is 5.11 Å². The third-order valence-electron chi connectivity index (χ3n) is 2.22. The van der Waals surface area contributed by atoms with Crippen LogP contribution in [-0.2, 0) is 0 Å². The molecule has 0 aromatic carbocycles. The van der Waals surface area contributed by atoms with E-state index in [1.807, 2.05) is 0 Å². The van der Waals surface area contributed by atoms with Crippen LogP contribution in [0.25, 0.3) is 0 Å². The second-order valence-electron chi connectivity index (χ2n) is 3.50. The zero-order chi connectivity index (χ0) is 9.40. The third kappa shape index (κ3) is 5.56. The molecule has 1 unspecified atom stereocenters. The fourth-order valence-corrected chi connectivity index (χ4v) is 1.30. The summed E-state index contributed by atoms with van der Waals surface area (Å²) in [5.74, 6) is 0. The summed E-state index contributed by atoms with van der Waals surface area (Å²) >= 11 is 0. The predicted octanol–water partition coefficient (Wildman–Crippen LogP) is 1.93. The maximum atomic E-state index is 8.94. The molecule has 74 valence electrons. The van der Waals surface area contributed by atoms with E-state index < -0.39 is 0 Å². The molecule has 0 saturated carbocycles. The third-order valence-corrected chi connectivity index (χ3v) is 2.22. The fraction of sp³-hybridized carbons (Fsp3) is 1.00. The molecule has 0 aliphatic carbocycles. The van der Waals surface area contributed by atoms with Gasteiger partial charge in [0.25, 0.3) is 0 Å². The lowest BCUT2D eigenvalue weighted by molar-refractivity contribution is 0.227. The van der Waals surface area contributed by atoms with Crippen molar-refractivity contribution < 1.29 is 5.11 Å². The molecule has 0 fully saturated rings. The van der Waals surface area contributed by atoms with Crippen LogP contribution in [0.4, 0.5) is 0 Å². The summed E-state index contributed by atoms with van der Waals surface area (Å²) in [4.78, 5) is 0. The Morgan fingerprint density at radius 2 is 2.00 bits per heavy atom. The molecule has 0 aromatic heterocycles. The van der Waals surface area contributed by atoms with Gasteiger partial charge in [0.1, 0.15) is 0 Å². The predicted molar refractivity (Wildman–Crippen MR) is 53.3 cm³/mol. The summed E-state index contributed by atoms with van der Waals surface area (Å²) in [6, 6.07) is 0.832. The molecule has 0 aliphatic heterocycles. The highest BCUT2D eigenvalue weighted by molar-refractivity contribution is 4.68. The van der Waals surface area contributed by atoms with E-state index in [0.29, 0.717) is 6.04 Å². The summed E-state index contributed by atoms with van der Waals surface area (Å²) in [7, 11) is 0. The van der Waals surface area contributed by atoms with Crippen molar-refractivity contribution in [3.05, 3.63) is 0 Å². The molecule has 0 rings (SSSR count). The number of hydrogen-bond acceptors (Lipinski definition) is 2. The average molecular weight is 173 g/mol. The van der Waals surface area contributed by atoms with Crippen molar-refractivity contribution in [1.29, 1.82) is 0 Å². The standard InChI is InChI=1S/C10H23NO/c1-4-6-7-9(3)11-10(5-2)8-12/h9-12H,4-8H2,1-3H3/t9?,10-/m0/s1. The summed E-state index contributed by atoms with van der Waals surface area (Å²) in [6.45, 7) is 6.75. The number of aliphatic hydroxyl groups is 1. The molecule has 0 bridgehead atoms. The molecule has 2 atom stereocenters. The Morgan fingerprint density at radius 3 is 2.42 bits per heavy atom. The van der Waals surface area contributed by atoms with E-state index in [-0.39, 0.29) is 12.6 Å². The Hall–Kier alpha value is -0.0800. The minimum Gasteiger partial charge on any atom is -0.395 e. The van der Waals surface area contributed by atoms with Gasteiger partial charge in [-0.2, -0.15) is 0 Å². The van der Waals surface area contributed by atoms with Crippen LogP contribution >= 0.6 is 0 Å². The molecule has 0 aromatic rings. The number of aliphatic hydroxyl groups excluding tert-OH is 1. The van der Waals surface area contributed by atoms with Crippen LogP contribution in [0.5, 0.6) is 0 Å². The summed E-state index contributed by atoms with van der Waals surface area (Å²) < 4.78 is 0. The monoisotopic (exact) mass is 173 g/mol. The topological polar surface area (TPSA) is 32.3 Å². The van der Waals surface area contributed by atoms with Crippen molar-refractivity contribution in [2.45, 2.75) is 58.5 Å². The SMILES string of the molecule is CCCCC(C)N[C@@H](CC)CO. The highest BCUT2D eigenvalue weighted by Gasteiger charge is 2.07. The van der Waals surface area contributed by atoms with Gasteiger partial charge in [-0.25, -0.2) is 0 Å². The van der Waals surface area contributed by atoms with E-state index in [0.717, 1.165) is 6.42 Å². The van der Waals surface area contributed by atoms with Crippen LogP contribution in [0.3, 0.4) is 0 Å². The second kappa shape index (κ2) is 7.56. The maximum absolute atomic E-state index is 8.94. The van der Waals surface area contributed by atoms with Gasteiger partial charge in [-0.3, -0.25) is 0 Å². The van der Waals surface area contributed by atoms with Crippen molar-refractivity contribution in [3.63, 3.8) is 0 Å². The van der Waals surface area contributed by atoms with Crippen LogP contribution in [-0.4, -0.2) is 23.8 Å². The summed E-state index contributed by atoms with van der Waals surface area (Å²) in [5.41, 5.74) is 0. The minimum absolute atomic E-state index is 0.257. The Balaban J connectivity index is 3.44. The van der Waals surface area contributed by atoms with Gasteiger partial charge < -0.3 is 10.4 Å². The molecule has 2 heteroatoms. The minimum atomic E-state index is 0.257. The maximum Gasteiger partial charge on any atom is 0.0584 e. The first-order valence-corrected chi connectivity index (χ1v) is 5.11. The molecule has 0 saturated heterocycles. The molecule has 2 nitrogen and oxygen atoms in total.